The summed E-state index contributed by atoms with van der Waals surface area (Å²) in [5.74, 6) is -0.429. The van der Waals surface area contributed by atoms with Gasteiger partial charge in [0.15, 0.2) is 6.10 Å². The highest BCUT2D eigenvalue weighted by Crippen LogP contribution is 2.14. The van der Waals surface area contributed by atoms with E-state index < -0.39 is 6.10 Å². The number of hydrogen-bond donors (Lipinski definition) is 0. The number of ether oxygens (including phenoxy) is 3. The molecule has 0 aromatic heterocycles. The van der Waals surface area contributed by atoms with E-state index in [1.807, 2.05) is 0 Å². The summed E-state index contributed by atoms with van der Waals surface area (Å²) in [7, 11) is 0. The molecule has 0 aliphatic heterocycles. The van der Waals surface area contributed by atoms with Crippen molar-refractivity contribution >= 4 is 11.9 Å². The summed E-state index contributed by atoms with van der Waals surface area (Å²) in [5.41, 5.74) is 0. The lowest BCUT2D eigenvalue weighted by molar-refractivity contribution is -0.163. The first-order valence-electron chi connectivity index (χ1n) is 28.1. The van der Waals surface area contributed by atoms with Gasteiger partial charge in [-0.05, 0) is 109 Å². The van der Waals surface area contributed by atoms with E-state index in [1.165, 1.54) is 141 Å². The van der Waals surface area contributed by atoms with Gasteiger partial charge in [0.1, 0.15) is 6.61 Å². The molecule has 0 amide bonds. The Morgan fingerprint density at radius 1 is 0.348 bits per heavy atom. The van der Waals surface area contributed by atoms with Gasteiger partial charge < -0.3 is 14.2 Å². The van der Waals surface area contributed by atoms with E-state index in [-0.39, 0.29) is 25.2 Å². The van der Waals surface area contributed by atoms with Crippen LogP contribution in [0.1, 0.15) is 265 Å². The molecule has 0 spiro atoms. The first-order chi connectivity index (χ1) is 32.6. The zero-order valence-corrected chi connectivity index (χ0v) is 43.7. The number of carbonyl (C=O) groups excluding carboxylic acids is 2. The molecular formula is C61H106O5. The summed E-state index contributed by atoms with van der Waals surface area (Å²) in [4.78, 5) is 25.5. The number of unbranched alkanes of at least 4 members (excludes halogenated alkanes) is 26. The molecule has 1 unspecified atom stereocenters. The third-order valence-corrected chi connectivity index (χ3v) is 11.9. The van der Waals surface area contributed by atoms with Crippen LogP contribution in [0.15, 0.2) is 85.1 Å². The topological polar surface area (TPSA) is 61.8 Å². The zero-order valence-electron chi connectivity index (χ0n) is 43.7. The number of esters is 2. The van der Waals surface area contributed by atoms with Gasteiger partial charge in [-0.1, -0.05) is 228 Å². The Labute approximate surface area is 409 Å². The molecule has 5 heteroatoms. The Morgan fingerprint density at radius 3 is 1.17 bits per heavy atom. The average molecular weight is 920 g/mol. The van der Waals surface area contributed by atoms with Crippen LogP contribution in [0.2, 0.25) is 0 Å². The Morgan fingerprint density at radius 2 is 0.712 bits per heavy atom. The smallest absolute Gasteiger partial charge is 0.306 e. The van der Waals surface area contributed by atoms with E-state index in [2.05, 4.69) is 106 Å². The standard InChI is InChI=1S/C61H106O5/c1-4-7-10-13-16-19-22-25-28-30-31-33-34-36-39-42-45-48-51-54-60(62)65-58-59(57-64-56-53-50-47-44-41-38-27-24-21-18-15-12-9-6-3)66-61(63)55-52-49-46-43-40-37-35-32-29-26-23-20-17-14-11-8-5-2/h8,11-12,15,17,20-21,24-26,28-29,35,37,59H,4-7,9-10,13-14,16,18-19,22-23,27,30-34,36,38-58H2,1-3H3/b11-8-,15-12-,20-17-,24-21-,28-25-,29-26-,37-35-. The largest absolute Gasteiger partial charge is 0.462 e. The van der Waals surface area contributed by atoms with E-state index in [9.17, 15) is 9.59 Å². The molecule has 0 N–H and O–H groups in total. The van der Waals surface area contributed by atoms with Crippen LogP contribution in [0, 0.1) is 0 Å². The van der Waals surface area contributed by atoms with Gasteiger partial charge >= 0.3 is 11.9 Å². The van der Waals surface area contributed by atoms with Gasteiger partial charge in [0.2, 0.25) is 0 Å². The maximum Gasteiger partial charge on any atom is 0.306 e. The average Bonchev–Trinajstić information content (AvgIpc) is 3.32. The molecule has 0 saturated heterocycles. The molecule has 1 atom stereocenters. The molecule has 380 valence electrons. The summed E-state index contributed by atoms with van der Waals surface area (Å²) in [6.45, 7) is 7.62. The number of hydrogen-bond acceptors (Lipinski definition) is 5. The number of rotatable bonds is 51. The monoisotopic (exact) mass is 919 g/mol. The van der Waals surface area contributed by atoms with Crippen molar-refractivity contribution in [2.45, 2.75) is 271 Å². The van der Waals surface area contributed by atoms with Gasteiger partial charge in [0, 0.05) is 19.4 Å². The second-order valence-corrected chi connectivity index (χ2v) is 18.4. The minimum Gasteiger partial charge on any atom is -0.462 e. The zero-order chi connectivity index (χ0) is 47.7. The lowest BCUT2D eigenvalue weighted by Crippen LogP contribution is -2.30. The second kappa shape index (κ2) is 56.4. The van der Waals surface area contributed by atoms with Crippen LogP contribution < -0.4 is 0 Å². The summed E-state index contributed by atoms with van der Waals surface area (Å²) in [6, 6.07) is 0. The Kier molecular flexibility index (Phi) is 53.9. The van der Waals surface area contributed by atoms with Crippen molar-refractivity contribution in [2.75, 3.05) is 19.8 Å². The molecule has 0 aliphatic carbocycles. The third kappa shape index (κ3) is 53.7. The van der Waals surface area contributed by atoms with Gasteiger partial charge in [-0.15, -0.1) is 0 Å². The number of carbonyl (C=O) groups is 2. The van der Waals surface area contributed by atoms with Crippen molar-refractivity contribution < 1.29 is 23.8 Å². The van der Waals surface area contributed by atoms with Crippen molar-refractivity contribution in [1.29, 1.82) is 0 Å². The Balaban J connectivity index is 4.31. The lowest BCUT2D eigenvalue weighted by Gasteiger charge is -2.18. The fraction of sp³-hybridized carbons (Fsp3) is 0.738. The molecule has 0 bridgehead atoms. The van der Waals surface area contributed by atoms with Crippen molar-refractivity contribution in [2.24, 2.45) is 0 Å². The first-order valence-corrected chi connectivity index (χ1v) is 28.1. The summed E-state index contributed by atoms with van der Waals surface area (Å²) in [6.07, 6.45) is 74.6. The third-order valence-electron chi connectivity index (χ3n) is 11.9. The van der Waals surface area contributed by atoms with E-state index in [1.54, 1.807) is 0 Å². The Bertz CT molecular complexity index is 1220. The SMILES string of the molecule is CC/C=C\C/C=C\C/C=C\C/C=C\CCCCCCC(=O)OC(COCCCCCCCC/C=C\C/C=C\CCC)COC(=O)CCCCCCCCCCC/C=C\CCCCCCCC. The maximum absolute atomic E-state index is 12.8. The van der Waals surface area contributed by atoms with Crippen LogP contribution in [0.25, 0.3) is 0 Å². The molecule has 66 heavy (non-hydrogen) atoms. The predicted octanol–water partition coefficient (Wildman–Crippen LogP) is 19.2. The molecule has 0 heterocycles. The molecule has 0 aromatic carbocycles. The fourth-order valence-electron chi connectivity index (χ4n) is 7.71. The minimum absolute atomic E-state index is 0.0673. The molecule has 0 aliphatic rings. The van der Waals surface area contributed by atoms with E-state index in [0.717, 1.165) is 89.9 Å². The normalized spacial score (nSPS) is 12.8. The minimum atomic E-state index is -0.559. The van der Waals surface area contributed by atoms with Crippen LogP contribution in [0.5, 0.6) is 0 Å². The van der Waals surface area contributed by atoms with Crippen LogP contribution in [-0.4, -0.2) is 37.9 Å². The predicted molar refractivity (Wildman–Crippen MR) is 288 cm³/mol. The number of allylic oxidation sites excluding steroid dienone is 14. The van der Waals surface area contributed by atoms with Crippen LogP contribution in [-0.2, 0) is 23.8 Å². The highest BCUT2D eigenvalue weighted by atomic mass is 16.6. The molecule has 5 nitrogen and oxygen atoms in total. The summed E-state index contributed by atoms with van der Waals surface area (Å²) >= 11 is 0. The first kappa shape index (κ1) is 63.1. The van der Waals surface area contributed by atoms with Gasteiger partial charge in [0.05, 0.1) is 6.61 Å². The van der Waals surface area contributed by atoms with Gasteiger partial charge in [-0.3, -0.25) is 9.59 Å². The van der Waals surface area contributed by atoms with Crippen molar-refractivity contribution in [3.63, 3.8) is 0 Å². The van der Waals surface area contributed by atoms with Crippen LogP contribution >= 0.6 is 0 Å². The molecule has 0 saturated carbocycles. The molecule has 0 fully saturated rings. The van der Waals surface area contributed by atoms with E-state index in [0.29, 0.717) is 19.4 Å². The van der Waals surface area contributed by atoms with Crippen LogP contribution in [0.4, 0.5) is 0 Å². The lowest BCUT2D eigenvalue weighted by atomic mass is 10.1. The van der Waals surface area contributed by atoms with Gasteiger partial charge in [-0.2, -0.15) is 0 Å². The van der Waals surface area contributed by atoms with Crippen molar-refractivity contribution in [3.05, 3.63) is 85.1 Å². The molecule has 0 rings (SSSR count). The van der Waals surface area contributed by atoms with E-state index >= 15 is 0 Å². The van der Waals surface area contributed by atoms with Crippen molar-refractivity contribution in [1.82, 2.24) is 0 Å². The maximum atomic E-state index is 12.8. The van der Waals surface area contributed by atoms with Crippen molar-refractivity contribution in [3.8, 4) is 0 Å². The fourth-order valence-corrected chi connectivity index (χ4v) is 7.71. The molecule has 0 radical (unpaired) electrons. The quantitative estimate of drug-likeness (QED) is 0.0346. The Hall–Kier alpha value is -2.92. The highest BCUT2D eigenvalue weighted by Gasteiger charge is 2.17. The summed E-state index contributed by atoms with van der Waals surface area (Å²) < 4.78 is 17.4. The molecule has 0 aromatic rings. The summed E-state index contributed by atoms with van der Waals surface area (Å²) in [5, 5.41) is 0. The highest BCUT2D eigenvalue weighted by molar-refractivity contribution is 5.70. The molecular weight excluding hydrogens is 813 g/mol. The van der Waals surface area contributed by atoms with Crippen LogP contribution in [0.3, 0.4) is 0 Å². The van der Waals surface area contributed by atoms with E-state index in [4.69, 9.17) is 14.2 Å². The van der Waals surface area contributed by atoms with Gasteiger partial charge in [0.25, 0.3) is 0 Å². The van der Waals surface area contributed by atoms with Gasteiger partial charge in [-0.25, -0.2) is 0 Å². The second-order valence-electron chi connectivity index (χ2n) is 18.4.